The first-order valence-corrected chi connectivity index (χ1v) is 9.02. The van der Waals surface area contributed by atoms with Crippen molar-refractivity contribution in [2.75, 3.05) is 4.90 Å². The fourth-order valence-corrected chi connectivity index (χ4v) is 3.90. The van der Waals surface area contributed by atoms with Gasteiger partial charge in [0.25, 0.3) is 0 Å². The Morgan fingerprint density at radius 3 is 2.80 bits per heavy atom. The number of hydrogen-bond acceptors (Lipinski definition) is 2. The second-order valence-electron chi connectivity index (χ2n) is 7.48. The minimum atomic E-state index is 0.252. The van der Waals surface area contributed by atoms with Gasteiger partial charge in [-0.25, -0.2) is 4.98 Å². The summed E-state index contributed by atoms with van der Waals surface area (Å²) in [5, 5.41) is 0. The van der Waals surface area contributed by atoms with Crippen LogP contribution < -0.4 is 4.90 Å². The Hall–Kier alpha value is -2.62. The van der Waals surface area contributed by atoms with E-state index in [9.17, 15) is 4.79 Å². The molecule has 5 rings (SSSR count). The fraction of sp³-hybridized carbons (Fsp3) is 0.333. The summed E-state index contributed by atoms with van der Waals surface area (Å²) in [4.78, 5) is 19.4. The van der Waals surface area contributed by atoms with Crippen LogP contribution in [-0.2, 0) is 11.2 Å². The van der Waals surface area contributed by atoms with E-state index in [-0.39, 0.29) is 12.0 Å². The van der Waals surface area contributed by atoms with Gasteiger partial charge in [0.1, 0.15) is 5.65 Å². The molecule has 0 saturated heterocycles. The molecule has 3 aromatic rings. The summed E-state index contributed by atoms with van der Waals surface area (Å²) < 4.78 is 2.07. The molecule has 1 saturated carbocycles. The van der Waals surface area contributed by atoms with Gasteiger partial charge in [-0.1, -0.05) is 12.1 Å². The zero-order chi connectivity index (χ0) is 17.1. The van der Waals surface area contributed by atoms with Gasteiger partial charge in [-0.3, -0.25) is 4.79 Å². The smallest absolute Gasteiger partial charge is 0.230 e. The highest BCUT2D eigenvalue weighted by molar-refractivity contribution is 5.99. The fourth-order valence-electron chi connectivity index (χ4n) is 3.90. The Bertz CT molecular complexity index is 1000. The molecule has 126 valence electrons. The summed E-state index contributed by atoms with van der Waals surface area (Å²) in [6, 6.07) is 10.8. The molecule has 1 aliphatic heterocycles. The second kappa shape index (κ2) is 5.19. The van der Waals surface area contributed by atoms with Gasteiger partial charge in [-0.05, 0) is 62.4 Å². The summed E-state index contributed by atoms with van der Waals surface area (Å²) in [5.41, 5.74) is 6.62. The number of carbonyl (C=O) groups is 1. The highest BCUT2D eigenvalue weighted by atomic mass is 16.2. The zero-order valence-electron chi connectivity index (χ0n) is 14.6. The van der Waals surface area contributed by atoms with Crippen molar-refractivity contribution < 1.29 is 4.79 Å². The molecule has 0 N–H and O–H groups in total. The Labute approximate surface area is 147 Å². The maximum Gasteiger partial charge on any atom is 0.230 e. The Morgan fingerprint density at radius 2 is 2.00 bits per heavy atom. The third kappa shape index (κ3) is 2.36. The highest BCUT2D eigenvalue weighted by Gasteiger charge is 2.39. The van der Waals surface area contributed by atoms with Crippen LogP contribution in [0.15, 0.2) is 42.7 Å². The molecule has 1 atom stereocenters. The lowest BCUT2D eigenvalue weighted by Crippen LogP contribution is -2.36. The molecule has 0 spiro atoms. The predicted octanol–water partition coefficient (Wildman–Crippen LogP) is 4.00. The van der Waals surface area contributed by atoms with Crippen LogP contribution in [0.1, 0.15) is 30.9 Å². The Kier molecular flexibility index (Phi) is 3.05. The third-order valence-corrected chi connectivity index (χ3v) is 5.35. The normalized spacial score (nSPS) is 19.4. The molecule has 4 nitrogen and oxygen atoms in total. The van der Waals surface area contributed by atoms with Crippen LogP contribution in [-0.4, -0.2) is 21.3 Å². The molecule has 1 aromatic carbocycles. The van der Waals surface area contributed by atoms with E-state index < -0.39 is 0 Å². The van der Waals surface area contributed by atoms with Crippen LogP contribution in [0.5, 0.6) is 0 Å². The summed E-state index contributed by atoms with van der Waals surface area (Å²) >= 11 is 0. The van der Waals surface area contributed by atoms with Crippen LogP contribution in [0.3, 0.4) is 0 Å². The molecule has 1 amide bonds. The molecule has 3 heterocycles. The van der Waals surface area contributed by atoms with Crippen LogP contribution in [0, 0.1) is 12.8 Å². The van der Waals surface area contributed by atoms with Gasteiger partial charge >= 0.3 is 0 Å². The number of imidazole rings is 1. The van der Waals surface area contributed by atoms with E-state index in [1.165, 1.54) is 11.1 Å². The van der Waals surface area contributed by atoms with Gasteiger partial charge < -0.3 is 9.30 Å². The number of benzene rings is 1. The molecule has 1 fully saturated rings. The molecule has 4 heteroatoms. The van der Waals surface area contributed by atoms with Gasteiger partial charge in [0.05, 0.1) is 5.69 Å². The first kappa shape index (κ1) is 14.7. The van der Waals surface area contributed by atoms with Crippen molar-refractivity contribution in [3.63, 3.8) is 0 Å². The lowest BCUT2D eigenvalue weighted by atomic mass is 10.1. The number of aryl methyl sites for hydroxylation is 1. The van der Waals surface area contributed by atoms with Crippen molar-refractivity contribution in [1.82, 2.24) is 9.38 Å². The largest absolute Gasteiger partial charge is 0.309 e. The number of carbonyl (C=O) groups excluding carboxylic acids is 1. The number of amides is 1. The van der Waals surface area contributed by atoms with E-state index in [0.717, 1.165) is 41.9 Å². The summed E-state index contributed by atoms with van der Waals surface area (Å²) in [6.07, 6.45) is 7.20. The van der Waals surface area contributed by atoms with Crippen molar-refractivity contribution in [2.45, 2.75) is 39.2 Å². The van der Waals surface area contributed by atoms with Gasteiger partial charge in [0.15, 0.2) is 0 Å². The number of fused-ring (bicyclic) bond motifs is 2. The lowest BCUT2D eigenvalue weighted by molar-refractivity contribution is -0.120. The Morgan fingerprint density at radius 1 is 1.16 bits per heavy atom. The van der Waals surface area contributed by atoms with Crippen molar-refractivity contribution in [3.8, 4) is 11.3 Å². The van der Waals surface area contributed by atoms with Crippen molar-refractivity contribution in [1.29, 1.82) is 0 Å². The monoisotopic (exact) mass is 331 g/mol. The van der Waals surface area contributed by atoms with Crippen LogP contribution in [0.2, 0.25) is 0 Å². The molecule has 2 aliphatic rings. The minimum Gasteiger partial charge on any atom is -0.309 e. The Balaban J connectivity index is 1.54. The maximum atomic E-state index is 12.6. The average Bonchev–Trinajstić information content (AvgIpc) is 3.27. The van der Waals surface area contributed by atoms with E-state index >= 15 is 0 Å². The molecule has 0 radical (unpaired) electrons. The topological polar surface area (TPSA) is 37.6 Å². The lowest BCUT2D eigenvalue weighted by Gasteiger charge is -2.22. The average molecular weight is 331 g/mol. The number of aromatic nitrogens is 2. The van der Waals surface area contributed by atoms with E-state index in [1.54, 1.807) is 0 Å². The molecule has 2 aromatic heterocycles. The minimum absolute atomic E-state index is 0.252. The summed E-state index contributed by atoms with van der Waals surface area (Å²) in [7, 11) is 0. The summed E-state index contributed by atoms with van der Waals surface area (Å²) in [5.74, 6) is 0.567. The first-order chi connectivity index (χ1) is 12.1. The number of pyridine rings is 1. The van der Waals surface area contributed by atoms with E-state index in [2.05, 4.69) is 54.9 Å². The van der Waals surface area contributed by atoms with Gasteiger partial charge in [-0.2, -0.15) is 0 Å². The van der Waals surface area contributed by atoms with Gasteiger partial charge in [0, 0.05) is 35.6 Å². The number of rotatable bonds is 2. The first-order valence-electron chi connectivity index (χ1n) is 9.02. The SMILES string of the molecule is Cc1ccc2nc(-c3ccc4c(c3)C[C@H](C)N4C(=O)C3CC3)cn2c1. The number of hydrogen-bond donors (Lipinski definition) is 0. The maximum absolute atomic E-state index is 12.6. The number of anilines is 1. The molecule has 1 aliphatic carbocycles. The van der Waals surface area contributed by atoms with E-state index in [1.807, 2.05) is 11.0 Å². The van der Waals surface area contributed by atoms with E-state index in [4.69, 9.17) is 4.98 Å². The molecule has 0 unspecified atom stereocenters. The van der Waals surface area contributed by atoms with Gasteiger partial charge in [0.2, 0.25) is 5.91 Å². The molecule has 25 heavy (non-hydrogen) atoms. The predicted molar refractivity (Wildman–Crippen MR) is 98.7 cm³/mol. The standard InChI is InChI=1S/C21H21N3O/c1-13-3-8-20-22-18(12-23(20)11-13)16-6-7-19-17(10-16)9-14(2)24(19)21(25)15-4-5-15/h3,6-8,10-12,14-15H,4-5,9H2,1-2H3/t14-/m0/s1. The third-order valence-electron chi connectivity index (χ3n) is 5.35. The van der Waals surface area contributed by atoms with Crippen LogP contribution in [0.4, 0.5) is 5.69 Å². The van der Waals surface area contributed by atoms with Crippen LogP contribution in [0.25, 0.3) is 16.9 Å². The van der Waals surface area contributed by atoms with Crippen molar-refractivity contribution >= 4 is 17.2 Å². The molecular weight excluding hydrogens is 310 g/mol. The van der Waals surface area contributed by atoms with Crippen molar-refractivity contribution in [2.24, 2.45) is 5.92 Å². The zero-order valence-corrected chi connectivity index (χ0v) is 14.6. The van der Waals surface area contributed by atoms with E-state index in [0.29, 0.717) is 5.91 Å². The molecule has 0 bridgehead atoms. The molecular formula is C21H21N3O. The van der Waals surface area contributed by atoms with Gasteiger partial charge in [-0.15, -0.1) is 0 Å². The number of nitrogens with zero attached hydrogens (tertiary/aromatic N) is 3. The highest BCUT2D eigenvalue weighted by Crippen LogP contribution is 2.40. The quantitative estimate of drug-likeness (QED) is 0.712. The second-order valence-corrected chi connectivity index (χ2v) is 7.48. The summed E-state index contributed by atoms with van der Waals surface area (Å²) in [6.45, 7) is 4.23. The van der Waals surface area contributed by atoms with Crippen molar-refractivity contribution in [3.05, 3.63) is 53.9 Å². The van der Waals surface area contributed by atoms with Crippen LogP contribution >= 0.6 is 0 Å².